The minimum Gasteiger partial charge on any atom is -0.482 e. The van der Waals surface area contributed by atoms with Gasteiger partial charge in [-0.2, -0.15) is 0 Å². The van der Waals surface area contributed by atoms with Gasteiger partial charge in [-0.1, -0.05) is 37.3 Å². The topological polar surface area (TPSA) is 81.4 Å². The molecule has 0 aromatic heterocycles. The van der Waals surface area contributed by atoms with E-state index < -0.39 is 0 Å². The molecule has 0 aliphatic heterocycles. The van der Waals surface area contributed by atoms with E-state index in [2.05, 4.69) is 5.32 Å². The molecule has 2 aromatic carbocycles. The van der Waals surface area contributed by atoms with Gasteiger partial charge in [0.25, 0.3) is 5.91 Å². The van der Waals surface area contributed by atoms with E-state index in [1.807, 2.05) is 30.3 Å². The maximum Gasteiger partial charge on any atom is 0.257 e. The number of ketones is 1. The normalized spacial score (nSPS) is 10.2. The highest BCUT2D eigenvalue weighted by atomic mass is 16.5. The molecule has 0 aliphatic carbocycles. The van der Waals surface area contributed by atoms with Gasteiger partial charge in [-0.15, -0.1) is 0 Å². The first-order valence-corrected chi connectivity index (χ1v) is 7.96. The summed E-state index contributed by atoms with van der Waals surface area (Å²) in [6.07, 6.45) is 1.19. The fourth-order valence-electron chi connectivity index (χ4n) is 2.24. The van der Waals surface area contributed by atoms with Gasteiger partial charge in [-0.25, -0.2) is 0 Å². The molecule has 0 fully saturated rings. The number of nitrogens with two attached hydrogens (primary N) is 1. The van der Waals surface area contributed by atoms with Crippen LogP contribution < -0.4 is 15.8 Å². The lowest BCUT2D eigenvalue weighted by Crippen LogP contribution is -2.30. The molecule has 0 aliphatic rings. The first kappa shape index (κ1) is 17.5. The number of ether oxygens (including phenoxy) is 1. The molecule has 1 amide bonds. The summed E-state index contributed by atoms with van der Waals surface area (Å²) >= 11 is 0. The number of carbonyl (C=O) groups is 2. The van der Waals surface area contributed by atoms with Gasteiger partial charge in [0.1, 0.15) is 5.75 Å². The first-order valence-electron chi connectivity index (χ1n) is 7.96. The molecule has 2 rings (SSSR count). The van der Waals surface area contributed by atoms with Crippen LogP contribution in [0.1, 0.15) is 29.3 Å². The number of benzene rings is 2. The monoisotopic (exact) mass is 326 g/mol. The van der Waals surface area contributed by atoms with Crippen molar-refractivity contribution in [3.63, 3.8) is 0 Å². The summed E-state index contributed by atoms with van der Waals surface area (Å²) in [6.45, 7) is 2.23. The minimum absolute atomic E-state index is 0.0203. The Labute approximate surface area is 141 Å². The molecule has 0 radical (unpaired) electrons. The third-order valence-corrected chi connectivity index (χ3v) is 3.59. The van der Waals surface area contributed by atoms with Crippen molar-refractivity contribution >= 4 is 17.4 Å². The lowest BCUT2D eigenvalue weighted by atomic mass is 10.1. The summed E-state index contributed by atoms with van der Waals surface area (Å²) in [7, 11) is 0. The van der Waals surface area contributed by atoms with Crippen molar-refractivity contribution in [2.45, 2.75) is 19.8 Å². The van der Waals surface area contributed by atoms with Crippen molar-refractivity contribution in [1.29, 1.82) is 0 Å². The maximum absolute atomic E-state index is 11.8. The van der Waals surface area contributed by atoms with Crippen molar-refractivity contribution in [3.05, 3.63) is 59.7 Å². The molecule has 0 atom stereocenters. The molecule has 0 heterocycles. The Kier molecular flexibility index (Phi) is 6.37. The minimum atomic E-state index is -0.209. The van der Waals surface area contributed by atoms with Gasteiger partial charge >= 0.3 is 0 Å². The molecule has 0 unspecified atom stereocenters. The highest BCUT2D eigenvalue weighted by molar-refractivity contribution is 5.97. The fraction of sp³-hybridized carbons (Fsp3) is 0.263. The molecule has 24 heavy (non-hydrogen) atoms. The van der Waals surface area contributed by atoms with Gasteiger partial charge in [0.2, 0.25) is 0 Å². The lowest BCUT2D eigenvalue weighted by Gasteiger charge is -2.10. The average molecular weight is 326 g/mol. The van der Waals surface area contributed by atoms with Crippen LogP contribution in [-0.4, -0.2) is 24.8 Å². The summed E-state index contributed by atoms with van der Waals surface area (Å²) in [5.41, 5.74) is 7.94. The number of hydrogen-bond acceptors (Lipinski definition) is 4. The molecule has 5 heteroatoms. The van der Waals surface area contributed by atoms with Gasteiger partial charge in [0.15, 0.2) is 12.4 Å². The van der Waals surface area contributed by atoms with E-state index in [1.165, 1.54) is 5.56 Å². The SMILES string of the molecule is CCC(=O)c1ccc(OCC(=O)NCCc2ccccc2)c(N)c1. The second-order valence-electron chi connectivity index (χ2n) is 5.40. The number of hydrogen-bond donors (Lipinski definition) is 2. The molecule has 126 valence electrons. The third kappa shape index (κ3) is 5.12. The van der Waals surface area contributed by atoms with Crippen LogP contribution in [0, 0.1) is 0 Å². The molecule has 5 nitrogen and oxygen atoms in total. The van der Waals surface area contributed by atoms with E-state index in [9.17, 15) is 9.59 Å². The summed E-state index contributed by atoms with van der Waals surface area (Å²) < 4.78 is 5.42. The Morgan fingerprint density at radius 3 is 2.54 bits per heavy atom. The highest BCUT2D eigenvalue weighted by Crippen LogP contribution is 2.23. The zero-order valence-electron chi connectivity index (χ0n) is 13.7. The molecule has 0 bridgehead atoms. The van der Waals surface area contributed by atoms with E-state index in [0.717, 1.165) is 6.42 Å². The average Bonchev–Trinajstić information content (AvgIpc) is 2.61. The highest BCUT2D eigenvalue weighted by Gasteiger charge is 2.09. The Morgan fingerprint density at radius 1 is 1.12 bits per heavy atom. The van der Waals surface area contributed by atoms with Gasteiger partial charge in [0, 0.05) is 18.5 Å². The molecular formula is C19H22N2O3. The third-order valence-electron chi connectivity index (χ3n) is 3.59. The van der Waals surface area contributed by atoms with E-state index in [4.69, 9.17) is 10.5 Å². The fourth-order valence-corrected chi connectivity index (χ4v) is 2.24. The van der Waals surface area contributed by atoms with Crippen LogP contribution in [0.25, 0.3) is 0 Å². The Balaban J connectivity index is 1.78. The van der Waals surface area contributed by atoms with Crippen LogP contribution in [0.4, 0.5) is 5.69 Å². The van der Waals surface area contributed by atoms with Crippen molar-refractivity contribution in [1.82, 2.24) is 5.32 Å². The van der Waals surface area contributed by atoms with Gasteiger partial charge in [-0.3, -0.25) is 9.59 Å². The number of nitrogen functional groups attached to an aromatic ring is 1. The number of Topliss-reactive ketones (excluding diaryl/α,β-unsaturated/α-hetero) is 1. The molecule has 2 aromatic rings. The second-order valence-corrected chi connectivity index (χ2v) is 5.40. The molecule has 0 saturated heterocycles. The smallest absolute Gasteiger partial charge is 0.257 e. The number of nitrogens with one attached hydrogen (secondary N) is 1. The largest absolute Gasteiger partial charge is 0.482 e. The number of rotatable bonds is 8. The van der Waals surface area contributed by atoms with Crippen LogP contribution in [0.15, 0.2) is 48.5 Å². The quantitative estimate of drug-likeness (QED) is 0.577. The Morgan fingerprint density at radius 2 is 1.88 bits per heavy atom. The van der Waals surface area contributed by atoms with Crippen LogP contribution in [0.2, 0.25) is 0 Å². The lowest BCUT2D eigenvalue weighted by molar-refractivity contribution is -0.123. The van der Waals surface area contributed by atoms with E-state index in [0.29, 0.717) is 30.0 Å². The Bertz CT molecular complexity index is 699. The zero-order chi connectivity index (χ0) is 17.4. The van der Waals surface area contributed by atoms with Crippen molar-refractivity contribution < 1.29 is 14.3 Å². The maximum atomic E-state index is 11.8. The van der Waals surface area contributed by atoms with Crippen LogP contribution in [0.5, 0.6) is 5.75 Å². The van der Waals surface area contributed by atoms with Crippen molar-refractivity contribution in [2.75, 3.05) is 18.9 Å². The first-order chi connectivity index (χ1) is 11.6. The van der Waals surface area contributed by atoms with Crippen LogP contribution in [0.3, 0.4) is 0 Å². The summed E-state index contributed by atoms with van der Waals surface area (Å²) in [4.78, 5) is 23.4. The zero-order valence-corrected chi connectivity index (χ0v) is 13.7. The number of carbonyl (C=O) groups excluding carboxylic acids is 2. The second kappa shape index (κ2) is 8.72. The van der Waals surface area contributed by atoms with Gasteiger partial charge in [0.05, 0.1) is 5.69 Å². The molecular weight excluding hydrogens is 304 g/mol. The van der Waals surface area contributed by atoms with E-state index >= 15 is 0 Å². The Hall–Kier alpha value is -2.82. The summed E-state index contributed by atoms with van der Waals surface area (Å²) in [5, 5.41) is 2.80. The predicted octanol–water partition coefficient (Wildman–Crippen LogP) is 2.60. The molecule has 0 saturated carbocycles. The number of anilines is 1. The van der Waals surface area contributed by atoms with E-state index in [-0.39, 0.29) is 18.3 Å². The number of amides is 1. The van der Waals surface area contributed by atoms with Crippen molar-refractivity contribution in [2.24, 2.45) is 0 Å². The standard InChI is InChI=1S/C19H22N2O3/c1-2-17(22)15-8-9-18(16(20)12-15)24-13-19(23)21-11-10-14-6-4-3-5-7-14/h3-9,12H,2,10-11,13,20H2,1H3,(H,21,23). The van der Waals surface area contributed by atoms with Crippen LogP contribution in [-0.2, 0) is 11.2 Å². The van der Waals surface area contributed by atoms with Crippen molar-refractivity contribution in [3.8, 4) is 5.75 Å². The predicted molar refractivity (Wildman–Crippen MR) is 94.1 cm³/mol. The van der Waals surface area contributed by atoms with Gasteiger partial charge < -0.3 is 15.8 Å². The van der Waals surface area contributed by atoms with Gasteiger partial charge in [-0.05, 0) is 30.2 Å². The molecule has 0 spiro atoms. The molecule has 3 N–H and O–H groups in total. The van der Waals surface area contributed by atoms with E-state index in [1.54, 1.807) is 25.1 Å². The van der Waals surface area contributed by atoms with Crippen LogP contribution >= 0.6 is 0 Å². The summed E-state index contributed by atoms with van der Waals surface area (Å²) in [5.74, 6) is 0.215. The summed E-state index contributed by atoms with van der Waals surface area (Å²) in [6, 6.07) is 14.8.